The van der Waals surface area contributed by atoms with Crippen molar-refractivity contribution in [3.8, 4) is 5.75 Å². The number of thiophene rings is 1. The number of benzene rings is 1. The van der Waals surface area contributed by atoms with Crippen molar-refractivity contribution >= 4 is 23.2 Å². The number of esters is 1. The molecule has 6 heteroatoms. The lowest BCUT2D eigenvalue weighted by Crippen LogP contribution is -2.36. The molecule has 0 fully saturated rings. The maximum Gasteiger partial charge on any atom is 0.349 e. The lowest BCUT2D eigenvalue weighted by atomic mass is 10.1. The van der Waals surface area contributed by atoms with Crippen LogP contribution in [0.1, 0.15) is 39.5 Å². The summed E-state index contributed by atoms with van der Waals surface area (Å²) in [5.74, 6) is 0.0554. The molecule has 0 aliphatic rings. The monoisotopic (exact) mass is 375 g/mol. The Morgan fingerprint density at radius 2 is 1.92 bits per heavy atom. The van der Waals surface area contributed by atoms with Crippen molar-refractivity contribution in [2.75, 3.05) is 13.7 Å². The van der Waals surface area contributed by atoms with E-state index in [0.29, 0.717) is 17.8 Å². The van der Waals surface area contributed by atoms with Crippen LogP contribution in [0, 0.1) is 6.92 Å². The van der Waals surface area contributed by atoms with Crippen LogP contribution in [0.15, 0.2) is 30.3 Å². The molecule has 1 amide bonds. The van der Waals surface area contributed by atoms with E-state index in [1.165, 1.54) is 11.3 Å². The van der Waals surface area contributed by atoms with Gasteiger partial charge in [-0.1, -0.05) is 19.1 Å². The number of methoxy groups -OCH3 is 1. The lowest BCUT2D eigenvalue weighted by molar-refractivity contribution is -0.129. The first-order valence-corrected chi connectivity index (χ1v) is 9.47. The molecular formula is C20H25NO4S. The van der Waals surface area contributed by atoms with E-state index in [2.05, 4.69) is 5.32 Å². The second-order valence-electron chi connectivity index (χ2n) is 5.98. The fourth-order valence-corrected chi connectivity index (χ4v) is 3.51. The Labute approximate surface area is 158 Å². The van der Waals surface area contributed by atoms with E-state index in [9.17, 15) is 9.59 Å². The van der Waals surface area contributed by atoms with Gasteiger partial charge in [-0.15, -0.1) is 11.3 Å². The number of nitrogens with one attached hydrogen (secondary N) is 1. The Hall–Kier alpha value is -2.34. The molecule has 0 saturated heterocycles. The van der Waals surface area contributed by atoms with Gasteiger partial charge < -0.3 is 14.8 Å². The Bertz CT molecular complexity index is 752. The minimum atomic E-state index is -0.828. The van der Waals surface area contributed by atoms with Crippen LogP contribution in [0.4, 0.5) is 0 Å². The minimum absolute atomic E-state index is 0.296. The first-order chi connectivity index (χ1) is 12.4. The van der Waals surface area contributed by atoms with E-state index in [1.807, 2.05) is 44.2 Å². The molecule has 0 aliphatic carbocycles. The van der Waals surface area contributed by atoms with Crippen LogP contribution in [-0.4, -0.2) is 31.6 Å². The number of rotatable bonds is 8. The summed E-state index contributed by atoms with van der Waals surface area (Å²) in [6, 6.07) is 9.53. The molecule has 1 aromatic heterocycles. The van der Waals surface area contributed by atoms with Gasteiger partial charge in [-0.05, 0) is 56.0 Å². The third-order valence-corrected chi connectivity index (χ3v) is 5.20. The molecule has 1 heterocycles. The van der Waals surface area contributed by atoms with Crippen molar-refractivity contribution in [2.24, 2.45) is 0 Å². The van der Waals surface area contributed by atoms with Crippen LogP contribution in [-0.2, 0) is 22.4 Å². The topological polar surface area (TPSA) is 64.6 Å². The molecular weight excluding hydrogens is 350 g/mol. The quantitative estimate of drug-likeness (QED) is 0.717. The second kappa shape index (κ2) is 9.38. The van der Waals surface area contributed by atoms with Crippen LogP contribution in [0.2, 0.25) is 0 Å². The zero-order valence-corrected chi connectivity index (χ0v) is 16.4. The van der Waals surface area contributed by atoms with Crippen molar-refractivity contribution in [1.29, 1.82) is 0 Å². The molecule has 26 heavy (non-hydrogen) atoms. The first kappa shape index (κ1) is 20.0. The summed E-state index contributed by atoms with van der Waals surface area (Å²) in [4.78, 5) is 26.0. The molecule has 0 saturated carbocycles. The molecule has 5 nitrogen and oxygen atoms in total. The highest BCUT2D eigenvalue weighted by molar-refractivity contribution is 7.14. The Morgan fingerprint density at radius 1 is 1.23 bits per heavy atom. The van der Waals surface area contributed by atoms with E-state index >= 15 is 0 Å². The lowest BCUT2D eigenvalue weighted by Gasteiger charge is -2.13. The maximum absolute atomic E-state index is 12.2. The van der Waals surface area contributed by atoms with Gasteiger partial charge in [0, 0.05) is 11.4 Å². The molecule has 1 unspecified atom stereocenters. The number of aryl methyl sites for hydroxylation is 2. The van der Waals surface area contributed by atoms with Crippen molar-refractivity contribution in [3.63, 3.8) is 0 Å². The summed E-state index contributed by atoms with van der Waals surface area (Å²) in [5, 5.41) is 2.80. The van der Waals surface area contributed by atoms with Gasteiger partial charge in [-0.2, -0.15) is 0 Å². The first-order valence-electron chi connectivity index (χ1n) is 8.65. The summed E-state index contributed by atoms with van der Waals surface area (Å²) < 4.78 is 10.4. The van der Waals surface area contributed by atoms with Crippen LogP contribution in [0.5, 0.6) is 5.75 Å². The summed E-state index contributed by atoms with van der Waals surface area (Å²) in [6.45, 7) is 6.09. The zero-order valence-electron chi connectivity index (χ0n) is 15.6. The smallest absolute Gasteiger partial charge is 0.349 e. The van der Waals surface area contributed by atoms with Gasteiger partial charge in [0.15, 0.2) is 6.10 Å². The average Bonchev–Trinajstić information content (AvgIpc) is 3.03. The SMILES string of the molecule is CCc1cc(C(=O)OC(C)C(=O)NCCc2ccc(OC)cc2)sc1C. The van der Waals surface area contributed by atoms with Crippen molar-refractivity contribution in [2.45, 2.75) is 39.7 Å². The summed E-state index contributed by atoms with van der Waals surface area (Å²) in [5.41, 5.74) is 2.23. The average molecular weight is 375 g/mol. The highest BCUT2D eigenvalue weighted by Gasteiger charge is 2.20. The van der Waals surface area contributed by atoms with Crippen molar-refractivity contribution in [1.82, 2.24) is 5.32 Å². The maximum atomic E-state index is 12.2. The highest BCUT2D eigenvalue weighted by atomic mass is 32.1. The van der Waals surface area contributed by atoms with Crippen molar-refractivity contribution < 1.29 is 19.1 Å². The summed E-state index contributed by atoms with van der Waals surface area (Å²) in [6.07, 6.45) is 0.739. The summed E-state index contributed by atoms with van der Waals surface area (Å²) >= 11 is 1.40. The number of ether oxygens (including phenoxy) is 2. The number of hydrogen-bond donors (Lipinski definition) is 1. The van der Waals surface area contributed by atoms with Gasteiger partial charge >= 0.3 is 5.97 Å². The van der Waals surface area contributed by atoms with Gasteiger partial charge in [0.2, 0.25) is 0 Å². The Morgan fingerprint density at radius 3 is 2.50 bits per heavy atom. The van der Waals surface area contributed by atoms with E-state index in [0.717, 1.165) is 28.2 Å². The number of hydrogen-bond acceptors (Lipinski definition) is 5. The molecule has 0 radical (unpaired) electrons. The van der Waals surface area contributed by atoms with Gasteiger partial charge in [-0.25, -0.2) is 4.79 Å². The second-order valence-corrected chi connectivity index (χ2v) is 7.24. The van der Waals surface area contributed by atoms with Gasteiger partial charge in [0.05, 0.1) is 7.11 Å². The van der Waals surface area contributed by atoms with Gasteiger partial charge in [0.1, 0.15) is 10.6 Å². The Kier molecular flexibility index (Phi) is 7.21. The standard InChI is InChI=1S/C20H25NO4S/c1-5-16-12-18(26-14(16)3)20(23)25-13(2)19(22)21-11-10-15-6-8-17(24-4)9-7-15/h6-9,12-13H,5,10-11H2,1-4H3,(H,21,22). The predicted molar refractivity (Wildman–Crippen MR) is 103 cm³/mol. The molecule has 2 rings (SSSR count). The third-order valence-electron chi connectivity index (χ3n) is 4.13. The largest absolute Gasteiger partial charge is 0.497 e. The molecule has 140 valence electrons. The molecule has 0 spiro atoms. The molecule has 1 aromatic carbocycles. The van der Waals surface area contributed by atoms with Crippen LogP contribution in [0.3, 0.4) is 0 Å². The molecule has 0 bridgehead atoms. The van der Waals surface area contributed by atoms with Crippen LogP contribution in [0.25, 0.3) is 0 Å². The fourth-order valence-electron chi connectivity index (χ4n) is 2.51. The number of amides is 1. The molecule has 0 aliphatic heterocycles. The zero-order chi connectivity index (χ0) is 19.1. The van der Waals surface area contributed by atoms with Gasteiger partial charge in [-0.3, -0.25) is 4.79 Å². The van der Waals surface area contributed by atoms with Crippen molar-refractivity contribution in [3.05, 3.63) is 51.2 Å². The molecule has 1 N–H and O–H groups in total. The number of carbonyl (C=O) groups is 2. The molecule has 2 aromatic rings. The van der Waals surface area contributed by atoms with E-state index in [-0.39, 0.29) is 5.91 Å². The van der Waals surface area contributed by atoms with Crippen LogP contribution >= 0.6 is 11.3 Å². The normalized spacial score (nSPS) is 11.7. The fraction of sp³-hybridized carbons (Fsp3) is 0.400. The van der Waals surface area contributed by atoms with E-state index in [4.69, 9.17) is 9.47 Å². The van der Waals surface area contributed by atoms with Gasteiger partial charge in [0.25, 0.3) is 5.91 Å². The third kappa shape index (κ3) is 5.33. The Balaban J connectivity index is 1.79. The van der Waals surface area contributed by atoms with E-state index < -0.39 is 12.1 Å². The number of carbonyl (C=O) groups excluding carboxylic acids is 2. The summed E-state index contributed by atoms with van der Waals surface area (Å²) in [7, 11) is 1.62. The predicted octanol–water partition coefficient (Wildman–Crippen LogP) is 3.53. The van der Waals surface area contributed by atoms with E-state index in [1.54, 1.807) is 14.0 Å². The molecule has 1 atom stereocenters. The van der Waals surface area contributed by atoms with Crippen LogP contribution < -0.4 is 10.1 Å². The highest BCUT2D eigenvalue weighted by Crippen LogP contribution is 2.23. The minimum Gasteiger partial charge on any atom is -0.497 e.